The van der Waals surface area contributed by atoms with Crippen LogP contribution in [0, 0.1) is 6.07 Å². The summed E-state index contributed by atoms with van der Waals surface area (Å²) in [6, 6.07) is 9.64. The van der Waals surface area contributed by atoms with Gasteiger partial charge in [0.25, 0.3) is 0 Å². The minimum Gasteiger partial charge on any atom is -0.490 e. The molecule has 2 aromatic rings. The molecule has 1 aromatic heterocycles. The van der Waals surface area contributed by atoms with Gasteiger partial charge in [-0.05, 0) is 17.2 Å². The first-order valence-electron chi connectivity index (χ1n) is 5.85. The van der Waals surface area contributed by atoms with Crippen molar-refractivity contribution in [3.63, 3.8) is 0 Å². The third kappa shape index (κ3) is 4.20. The first-order chi connectivity index (χ1) is 9.54. The Hall–Kier alpha value is -0.606. The van der Waals surface area contributed by atoms with Crippen molar-refractivity contribution in [1.82, 2.24) is 4.57 Å². The molecule has 107 valence electrons. The number of hydrogen-bond donors (Lipinski definition) is 0. The molecular formula is C15H12Cl2NO2Y-. The molecule has 0 aliphatic rings. The van der Waals surface area contributed by atoms with Gasteiger partial charge in [0.05, 0.1) is 0 Å². The molecule has 0 aliphatic heterocycles. The van der Waals surface area contributed by atoms with Crippen LogP contribution in [0.25, 0.3) is 11.3 Å². The fourth-order valence-corrected chi connectivity index (χ4v) is 2.18. The molecule has 0 atom stereocenters. The molecule has 1 radical (unpaired) electrons. The Morgan fingerprint density at radius 1 is 1.38 bits per heavy atom. The van der Waals surface area contributed by atoms with Gasteiger partial charge in [-0.25, -0.2) is 0 Å². The van der Waals surface area contributed by atoms with Crippen molar-refractivity contribution < 1.29 is 37.4 Å². The van der Waals surface area contributed by atoms with Crippen LogP contribution in [0.5, 0.6) is 5.75 Å². The maximum Gasteiger partial charge on any atom is 0.212 e. The van der Waals surface area contributed by atoms with Crippen LogP contribution in [-0.2, 0) is 39.8 Å². The Labute approximate surface area is 158 Å². The molecule has 0 bridgehead atoms. The van der Waals surface area contributed by atoms with Crippen LogP contribution in [-0.4, -0.2) is 11.2 Å². The smallest absolute Gasteiger partial charge is 0.212 e. The van der Waals surface area contributed by atoms with Gasteiger partial charge >= 0.3 is 0 Å². The van der Waals surface area contributed by atoms with Gasteiger partial charge in [-0.15, -0.1) is 6.07 Å². The third-order valence-electron chi connectivity index (χ3n) is 2.74. The largest absolute Gasteiger partial charge is 0.490 e. The van der Waals surface area contributed by atoms with Crippen molar-refractivity contribution in [3.05, 3.63) is 63.4 Å². The van der Waals surface area contributed by atoms with E-state index in [1.165, 1.54) is 10.6 Å². The van der Waals surface area contributed by atoms with Crippen LogP contribution < -0.4 is 10.3 Å². The second kappa shape index (κ2) is 8.14. The predicted octanol–water partition coefficient (Wildman–Crippen LogP) is 3.72. The van der Waals surface area contributed by atoms with Crippen LogP contribution in [0.3, 0.4) is 0 Å². The van der Waals surface area contributed by atoms with E-state index in [0.717, 1.165) is 0 Å². The zero-order chi connectivity index (χ0) is 14.7. The van der Waals surface area contributed by atoms with Crippen LogP contribution in [0.1, 0.15) is 0 Å². The summed E-state index contributed by atoms with van der Waals surface area (Å²) in [4.78, 5) is 11.8. The Balaban J connectivity index is 0.00000220. The number of rotatable bonds is 4. The minimum absolute atomic E-state index is 0. The van der Waals surface area contributed by atoms with Crippen molar-refractivity contribution in [1.29, 1.82) is 0 Å². The average Bonchev–Trinajstić information content (AvgIpc) is 2.44. The number of benzene rings is 1. The first kappa shape index (κ1) is 18.4. The van der Waals surface area contributed by atoms with Gasteiger partial charge in [-0.1, -0.05) is 35.5 Å². The van der Waals surface area contributed by atoms with Crippen molar-refractivity contribution in [3.8, 4) is 17.0 Å². The zero-order valence-electron chi connectivity index (χ0n) is 11.4. The van der Waals surface area contributed by atoms with Crippen LogP contribution >= 0.6 is 23.2 Å². The van der Waals surface area contributed by atoms with Gasteiger partial charge in [0.15, 0.2) is 0 Å². The van der Waals surface area contributed by atoms with E-state index in [1.54, 1.807) is 31.3 Å². The monoisotopic (exact) mass is 397 g/mol. The van der Waals surface area contributed by atoms with E-state index >= 15 is 0 Å². The summed E-state index contributed by atoms with van der Waals surface area (Å²) in [6.07, 6.45) is 1.65. The molecule has 0 fully saturated rings. The minimum atomic E-state index is -0.288. The Kier molecular flexibility index (Phi) is 7.15. The molecule has 0 spiro atoms. The van der Waals surface area contributed by atoms with E-state index in [0.29, 0.717) is 28.6 Å². The molecule has 21 heavy (non-hydrogen) atoms. The quantitative estimate of drug-likeness (QED) is 0.581. The van der Waals surface area contributed by atoms with Crippen LogP contribution in [0.4, 0.5) is 0 Å². The van der Waals surface area contributed by atoms with E-state index < -0.39 is 0 Å². The predicted molar refractivity (Wildman–Crippen MR) is 81.7 cm³/mol. The van der Waals surface area contributed by atoms with E-state index in [-0.39, 0.29) is 43.3 Å². The molecule has 0 unspecified atom stereocenters. The van der Waals surface area contributed by atoms with Gasteiger partial charge in [0, 0.05) is 44.8 Å². The summed E-state index contributed by atoms with van der Waals surface area (Å²) in [6.45, 7) is 3.98. The second-order valence-electron chi connectivity index (χ2n) is 4.09. The van der Waals surface area contributed by atoms with Gasteiger partial charge in [0.2, 0.25) is 5.56 Å². The normalized spacial score (nSPS) is 9.86. The van der Waals surface area contributed by atoms with Gasteiger partial charge < -0.3 is 9.30 Å². The molecule has 0 saturated heterocycles. The summed E-state index contributed by atoms with van der Waals surface area (Å²) in [5.41, 5.74) is 0.969. The van der Waals surface area contributed by atoms with E-state index in [2.05, 4.69) is 12.6 Å². The second-order valence-corrected chi connectivity index (χ2v) is 4.91. The van der Waals surface area contributed by atoms with E-state index in [1.807, 2.05) is 0 Å². The number of pyridine rings is 1. The maximum absolute atomic E-state index is 11.8. The summed E-state index contributed by atoms with van der Waals surface area (Å²) >= 11 is 12.0. The van der Waals surface area contributed by atoms with Crippen molar-refractivity contribution in [2.24, 2.45) is 7.05 Å². The number of nitrogens with zero attached hydrogens (tertiary/aromatic N) is 1. The van der Waals surface area contributed by atoms with Gasteiger partial charge in [0.1, 0.15) is 12.4 Å². The number of halogens is 2. The van der Waals surface area contributed by atoms with Crippen LogP contribution in [0.2, 0.25) is 10.0 Å². The van der Waals surface area contributed by atoms with Gasteiger partial charge in [-0.2, -0.15) is 23.7 Å². The molecule has 0 saturated carbocycles. The Bertz CT molecular complexity index is 713. The molecule has 3 nitrogen and oxygen atoms in total. The fourth-order valence-electron chi connectivity index (χ4n) is 1.74. The standard InChI is InChI=1S/C15H12Cl2NO2.Y/c1-3-8-20-10-4-5-11(13(17)9-10)14-7-6-12(16)15(19)18(14)2;/h3-6,9H,1,8H2,2H3;/q-1;. The van der Waals surface area contributed by atoms with Crippen molar-refractivity contribution in [2.75, 3.05) is 6.61 Å². The molecule has 1 aromatic carbocycles. The Morgan fingerprint density at radius 2 is 2.10 bits per heavy atom. The summed E-state index contributed by atoms with van der Waals surface area (Å²) in [5, 5.41) is 0.596. The summed E-state index contributed by atoms with van der Waals surface area (Å²) in [5.74, 6) is 0.637. The molecule has 1 heterocycles. The molecule has 6 heteroatoms. The molecule has 0 amide bonds. The van der Waals surface area contributed by atoms with Crippen LogP contribution in [0.15, 0.2) is 41.7 Å². The average molecular weight is 398 g/mol. The molecular weight excluding hydrogens is 386 g/mol. The van der Waals surface area contributed by atoms with Gasteiger partial charge in [-0.3, -0.25) is 4.79 Å². The van der Waals surface area contributed by atoms with E-state index in [9.17, 15) is 4.79 Å². The topological polar surface area (TPSA) is 31.2 Å². The summed E-state index contributed by atoms with van der Waals surface area (Å²) in [7, 11) is 1.62. The zero-order valence-corrected chi connectivity index (χ0v) is 15.7. The van der Waals surface area contributed by atoms with Crippen molar-refractivity contribution in [2.45, 2.75) is 0 Å². The molecule has 0 N–H and O–H groups in total. The molecule has 0 aliphatic carbocycles. The number of aromatic nitrogens is 1. The third-order valence-corrected chi connectivity index (χ3v) is 3.33. The van der Waals surface area contributed by atoms with E-state index in [4.69, 9.17) is 27.9 Å². The number of ether oxygens (including phenoxy) is 1. The maximum atomic E-state index is 11.8. The number of hydrogen-bond acceptors (Lipinski definition) is 2. The first-order valence-corrected chi connectivity index (χ1v) is 6.61. The SMILES string of the molecule is C=CCOc1ccc(-c2[c-]cc(Cl)c(=O)n2C)c(Cl)c1.[Y]. The fraction of sp³-hybridized carbons (Fsp3) is 0.133. The summed E-state index contributed by atoms with van der Waals surface area (Å²) < 4.78 is 6.81. The van der Waals surface area contributed by atoms with Crippen molar-refractivity contribution >= 4 is 23.2 Å². The Morgan fingerprint density at radius 3 is 2.71 bits per heavy atom. The molecule has 2 rings (SSSR count).